The van der Waals surface area contributed by atoms with Crippen LogP contribution in [-0.4, -0.2) is 82.3 Å². The Labute approximate surface area is 293 Å². The molecule has 2 aromatic carbocycles. The van der Waals surface area contributed by atoms with Crippen molar-refractivity contribution in [3.63, 3.8) is 0 Å². The van der Waals surface area contributed by atoms with E-state index < -0.39 is 46.2 Å². The van der Waals surface area contributed by atoms with Crippen molar-refractivity contribution in [2.75, 3.05) is 43.4 Å². The smallest absolute Gasteiger partial charge is 0.417 e. The first kappa shape index (κ1) is 35.1. The lowest BCUT2D eigenvalue weighted by molar-refractivity contribution is -0.137. The number of nitriles is 1. The van der Waals surface area contributed by atoms with Crippen LogP contribution in [0.4, 0.5) is 37.2 Å². The van der Waals surface area contributed by atoms with E-state index in [9.17, 15) is 18.8 Å². The van der Waals surface area contributed by atoms with Crippen LogP contribution in [0.15, 0.2) is 18.2 Å². The molecule has 4 aromatic rings. The number of carbonyl (C=O) groups excluding carboxylic acids is 1. The summed E-state index contributed by atoms with van der Waals surface area (Å²) in [6, 6.07) is 3.65. The summed E-state index contributed by atoms with van der Waals surface area (Å²) in [5.74, 6) is -2.38. The molecule has 51 heavy (non-hydrogen) atoms. The van der Waals surface area contributed by atoms with Gasteiger partial charge in [0.15, 0.2) is 5.82 Å². The molecule has 0 aliphatic carbocycles. The fourth-order valence-electron chi connectivity index (χ4n) is 8.37. The van der Waals surface area contributed by atoms with Gasteiger partial charge in [-0.25, -0.2) is 13.2 Å². The Bertz CT molecular complexity index is 2100. The van der Waals surface area contributed by atoms with E-state index in [-0.39, 0.29) is 94.1 Å². The third-order valence-corrected chi connectivity index (χ3v) is 11.7. The Morgan fingerprint density at radius 3 is 2.69 bits per heavy atom. The average molecular weight is 732 g/mol. The SMILES string of the molecule is CCN(c1nc(OCC23CCCN2CC(F)C3)nc2c(F)c(-c3ccc(F)c4sc(N)c(C#N)c34)c(C(F)(F)F)cc12)C1CC(C)N(C(C)=O)C1. The molecule has 4 atom stereocenters. The van der Waals surface area contributed by atoms with Crippen molar-refractivity contribution in [3.05, 3.63) is 41.0 Å². The first-order valence-corrected chi connectivity index (χ1v) is 17.6. The number of ether oxygens (including phenoxy) is 1. The maximum absolute atomic E-state index is 17.2. The molecule has 16 heteroatoms. The lowest BCUT2D eigenvalue weighted by Crippen LogP contribution is -2.43. The topological polar surface area (TPSA) is 112 Å². The van der Waals surface area contributed by atoms with Gasteiger partial charge in [-0.1, -0.05) is 6.07 Å². The number of nitrogen functional groups attached to an aromatic ring is 1. The summed E-state index contributed by atoms with van der Waals surface area (Å²) >= 11 is 0.681. The highest BCUT2D eigenvalue weighted by molar-refractivity contribution is 7.23. The van der Waals surface area contributed by atoms with Crippen molar-refractivity contribution in [3.8, 4) is 23.2 Å². The summed E-state index contributed by atoms with van der Waals surface area (Å²) in [5.41, 5.74) is 1.91. The molecule has 1 amide bonds. The quantitative estimate of drug-likeness (QED) is 0.202. The second kappa shape index (κ2) is 12.7. The number of nitrogens with zero attached hydrogens (tertiary/aromatic N) is 6. The number of thiophene rings is 1. The minimum absolute atomic E-state index is 0.0174. The number of benzene rings is 2. The summed E-state index contributed by atoms with van der Waals surface area (Å²) in [4.78, 5) is 26.7. The second-order valence-corrected chi connectivity index (χ2v) is 14.7. The maximum Gasteiger partial charge on any atom is 0.417 e. The van der Waals surface area contributed by atoms with Gasteiger partial charge in [-0.15, -0.1) is 11.3 Å². The van der Waals surface area contributed by atoms with Gasteiger partial charge in [0, 0.05) is 61.4 Å². The molecule has 0 bridgehead atoms. The number of hydrogen-bond donors (Lipinski definition) is 1. The third kappa shape index (κ3) is 5.78. The number of alkyl halides is 4. The fraction of sp³-hybridized carbons (Fsp3) is 0.486. The molecule has 3 aliphatic heterocycles. The molecule has 4 unspecified atom stereocenters. The van der Waals surface area contributed by atoms with Gasteiger partial charge in [-0.05, 0) is 57.4 Å². The number of rotatable bonds is 7. The van der Waals surface area contributed by atoms with Gasteiger partial charge >= 0.3 is 12.2 Å². The molecule has 7 rings (SSSR count). The number of nitrogens with two attached hydrogens (primary N) is 1. The molecule has 3 fully saturated rings. The monoisotopic (exact) mass is 731 g/mol. The molecule has 5 heterocycles. The molecule has 0 spiro atoms. The molecule has 3 saturated heterocycles. The number of anilines is 2. The predicted molar refractivity (Wildman–Crippen MR) is 181 cm³/mol. The van der Waals surface area contributed by atoms with Gasteiger partial charge in [-0.3, -0.25) is 9.69 Å². The van der Waals surface area contributed by atoms with Crippen LogP contribution in [0.5, 0.6) is 6.01 Å². The predicted octanol–water partition coefficient (Wildman–Crippen LogP) is 7.05. The summed E-state index contributed by atoms with van der Waals surface area (Å²) in [7, 11) is 0. The van der Waals surface area contributed by atoms with Gasteiger partial charge < -0.3 is 20.3 Å². The largest absolute Gasteiger partial charge is 0.461 e. The van der Waals surface area contributed by atoms with E-state index in [1.807, 2.05) is 17.9 Å². The van der Waals surface area contributed by atoms with Crippen molar-refractivity contribution in [2.24, 2.45) is 0 Å². The van der Waals surface area contributed by atoms with Crippen LogP contribution in [0.3, 0.4) is 0 Å². The van der Waals surface area contributed by atoms with Crippen LogP contribution in [0.2, 0.25) is 0 Å². The first-order valence-electron chi connectivity index (χ1n) is 16.8. The van der Waals surface area contributed by atoms with Crippen LogP contribution in [0.25, 0.3) is 32.1 Å². The second-order valence-electron chi connectivity index (χ2n) is 13.6. The van der Waals surface area contributed by atoms with E-state index in [0.717, 1.165) is 24.6 Å². The molecule has 9 nitrogen and oxygen atoms in total. The van der Waals surface area contributed by atoms with Gasteiger partial charge in [-0.2, -0.15) is 28.4 Å². The molecule has 2 aromatic heterocycles. The van der Waals surface area contributed by atoms with Crippen molar-refractivity contribution in [1.82, 2.24) is 19.8 Å². The van der Waals surface area contributed by atoms with E-state index in [4.69, 9.17) is 10.5 Å². The van der Waals surface area contributed by atoms with Gasteiger partial charge in [0.1, 0.15) is 41.0 Å². The van der Waals surface area contributed by atoms with Gasteiger partial charge in [0.2, 0.25) is 5.91 Å². The molecular formula is C35H35F6N7O2S. The van der Waals surface area contributed by atoms with Crippen LogP contribution >= 0.6 is 11.3 Å². The first-order chi connectivity index (χ1) is 24.2. The molecular weight excluding hydrogens is 696 g/mol. The molecule has 0 radical (unpaired) electrons. The summed E-state index contributed by atoms with van der Waals surface area (Å²) < 4.78 is 97.8. The number of halogens is 6. The van der Waals surface area contributed by atoms with Crippen molar-refractivity contribution >= 4 is 49.1 Å². The highest BCUT2D eigenvalue weighted by Crippen LogP contribution is 2.48. The maximum atomic E-state index is 17.2. The van der Waals surface area contributed by atoms with E-state index in [2.05, 4.69) is 9.97 Å². The molecule has 0 saturated carbocycles. The van der Waals surface area contributed by atoms with Gasteiger partial charge in [0.25, 0.3) is 0 Å². The van der Waals surface area contributed by atoms with Crippen LogP contribution < -0.4 is 15.4 Å². The normalized spacial score (nSPS) is 23.7. The average Bonchev–Trinajstić information content (AvgIpc) is 3.81. The van der Waals surface area contributed by atoms with Gasteiger partial charge in [0.05, 0.1) is 21.4 Å². The molecule has 2 N–H and O–H groups in total. The van der Waals surface area contributed by atoms with Crippen molar-refractivity contribution in [1.29, 1.82) is 5.26 Å². The Kier molecular flexibility index (Phi) is 8.73. The number of hydrogen-bond acceptors (Lipinski definition) is 9. The number of fused-ring (bicyclic) bond motifs is 3. The summed E-state index contributed by atoms with van der Waals surface area (Å²) in [6.45, 7) is 6.51. The van der Waals surface area contributed by atoms with E-state index in [0.29, 0.717) is 30.7 Å². The number of likely N-dealkylation sites (tertiary alicyclic amines) is 1. The Morgan fingerprint density at radius 1 is 1.25 bits per heavy atom. The Morgan fingerprint density at radius 2 is 2.02 bits per heavy atom. The fourth-order valence-corrected chi connectivity index (χ4v) is 9.32. The summed E-state index contributed by atoms with van der Waals surface area (Å²) in [6.07, 6.45) is -3.97. The van der Waals surface area contributed by atoms with Crippen LogP contribution in [0.1, 0.15) is 57.6 Å². The highest BCUT2D eigenvalue weighted by Gasteiger charge is 2.49. The van der Waals surface area contributed by atoms with E-state index in [1.54, 1.807) is 16.7 Å². The van der Waals surface area contributed by atoms with Crippen LogP contribution in [0, 0.1) is 23.0 Å². The third-order valence-electron chi connectivity index (χ3n) is 10.6. The van der Waals surface area contributed by atoms with Crippen molar-refractivity contribution in [2.45, 2.75) is 76.4 Å². The Balaban J connectivity index is 1.46. The summed E-state index contributed by atoms with van der Waals surface area (Å²) in [5, 5.41) is 9.23. The zero-order chi connectivity index (χ0) is 36.6. The number of carbonyl (C=O) groups is 1. The molecule has 270 valence electrons. The molecule has 3 aliphatic rings. The van der Waals surface area contributed by atoms with E-state index >= 15 is 17.6 Å². The highest BCUT2D eigenvalue weighted by atomic mass is 32.1. The number of aromatic nitrogens is 2. The Hall–Kier alpha value is -4.36. The van der Waals surface area contributed by atoms with Crippen molar-refractivity contribution < 1.29 is 35.9 Å². The number of likely N-dealkylation sites (N-methyl/N-ethyl adjacent to an activating group) is 1. The lowest BCUT2D eigenvalue weighted by Gasteiger charge is -2.32. The number of amides is 1. The minimum atomic E-state index is -5.12. The van der Waals surface area contributed by atoms with E-state index in [1.165, 1.54) is 6.92 Å². The minimum Gasteiger partial charge on any atom is -0.461 e. The van der Waals surface area contributed by atoms with Crippen LogP contribution in [-0.2, 0) is 11.0 Å². The zero-order valence-corrected chi connectivity index (χ0v) is 28.9. The standard InChI is InChI=1S/C35H35F6N7O2S/c1-4-47(20-10-17(2)48(15-20)18(3)49)32-22-11-24(35(39,40)41)27(21-6-7-25(37)30-26(21)23(13-42)31(43)51-30)28(38)29(22)44-33(45-32)50-16-34-8-5-9-46(34)14-19(36)12-34/h6-7,11,17,19-20H,4-5,8-10,12,14-16,43H2,1-3H3. The zero-order valence-electron chi connectivity index (χ0n) is 28.1. The lowest BCUT2D eigenvalue weighted by atomic mass is 9.92.